The predicted molar refractivity (Wildman–Crippen MR) is 89.9 cm³/mol. The van der Waals surface area contributed by atoms with E-state index in [0.717, 1.165) is 24.0 Å². The molecule has 3 N–H and O–H groups in total. The molecule has 1 saturated heterocycles. The number of carbonyl (C=O) groups is 3. The minimum Gasteiger partial charge on any atom is -0.480 e. The topological polar surface area (TPSA) is 98.7 Å². The Hall–Kier alpha value is -2.41. The highest BCUT2D eigenvalue weighted by Gasteiger charge is 2.29. The number of amides is 3. The number of hydrogen-bond donors (Lipinski definition) is 3. The molecule has 130 valence electrons. The van der Waals surface area contributed by atoms with E-state index in [0.29, 0.717) is 18.7 Å². The molecule has 1 fully saturated rings. The van der Waals surface area contributed by atoms with Crippen molar-refractivity contribution in [2.24, 2.45) is 0 Å². The second kappa shape index (κ2) is 7.92. The number of piperidine rings is 1. The average molecular weight is 333 g/mol. The van der Waals surface area contributed by atoms with Crippen LogP contribution in [0, 0.1) is 13.8 Å². The van der Waals surface area contributed by atoms with E-state index in [4.69, 9.17) is 0 Å². The third-order valence-electron chi connectivity index (χ3n) is 4.13. The van der Waals surface area contributed by atoms with Crippen LogP contribution in [0.25, 0.3) is 0 Å². The summed E-state index contributed by atoms with van der Waals surface area (Å²) in [7, 11) is 0. The largest absolute Gasteiger partial charge is 0.480 e. The van der Waals surface area contributed by atoms with Gasteiger partial charge in [-0.2, -0.15) is 0 Å². The first-order valence-electron chi connectivity index (χ1n) is 8.02. The van der Waals surface area contributed by atoms with Gasteiger partial charge in [0.2, 0.25) is 5.91 Å². The summed E-state index contributed by atoms with van der Waals surface area (Å²) in [5, 5.41) is 14.1. The quantitative estimate of drug-likeness (QED) is 0.781. The van der Waals surface area contributed by atoms with Crippen molar-refractivity contribution in [2.45, 2.75) is 39.2 Å². The lowest BCUT2D eigenvalue weighted by atomic mass is 10.0. The highest BCUT2D eigenvalue weighted by Crippen LogP contribution is 2.17. The van der Waals surface area contributed by atoms with Gasteiger partial charge in [0, 0.05) is 5.69 Å². The number of aliphatic carboxylic acids is 1. The first-order valence-corrected chi connectivity index (χ1v) is 8.02. The number of carboxylic acid groups (broad SMARTS) is 1. The number of aryl methyl sites for hydroxylation is 2. The molecule has 7 nitrogen and oxygen atoms in total. The van der Waals surface area contributed by atoms with Crippen LogP contribution in [0.15, 0.2) is 18.2 Å². The summed E-state index contributed by atoms with van der Waals surface area (Å²) in [5.74, 6) is -1.44. The Labute approximate surface area is 141 Å². The number of carboxylic acids is 1. The normalized spacial score (nSPS) is 18.0. The van der Waals surface area contributed by atoms with Crippen LogP contribution in [0.1, 0.15) is 30.4 Å². The molecule has 1 aliphatic heterocycles. The van der Waals surface area contributed by atoms with Crippen LogP contribution in [0.5, 0.6) is 0 Å². The number of likely N-dealkylation sites (tertiary alicyclic amines) is 1. The van der Waals surface area contributed by atoms with Crippen molar-refractivity contribution in [2.75, 3.05) is 18.4 Å². The molecule has 24 heavy (non-hydrogen) atoms. The maximum atomic E-state index is 12.0. The van der Waals surface area contributed by atoms with Crippen molar-refractivity contribution < 1.29 is 19.5 Å². The Morgan fingerprint density at radius 1 is 1.25 bits per heavy atom. The van der Waals surface area contributed by atoms with Crippen molar-refractivity contribution in [3.8, 4) is 0 Å². The van der Waals surface area contributed by atoms with E-state index < -0.39 is 23.9 Å². The summed E-state index contributed by atoms with van der Waals surface area (Å²) in [4.78, 5) is 36.8. The Morgan fingerprint density at radius 3 is 2.67 bits per heavy atom. The van der Waals surface area contributed by atoms with Gasteiger partial charge < -0.3 is 10.4 Å². The van der Waals surface area contributed by atoms with E-state index >= 15 is 0 Å². The first-order chi connectivity index (χ1) is 11.4. The lowest BCUT2D eigenvalue weighted by molar-refractivity contribution is -0.145. The number of anilines is 1. The lowest BCUT2D eigenvalue weighted by Gasteiger charge is -2.31. The molecule has 1 heterocycles. The van der Waals surface area contributed by atoms with Gasteiger partial charge >= 0.3 is 12.0 Å². The lowest BCUT2D eigenvalue weighted by Crippen LogP contribution is -2.50. The van der Waals surface area contributed by atoms with Crippen LogP contribution < -0.4 is 10.6 Å². The molecule has 1 atom stereocenters. The summed E-state index contributed by atoms with van der Waals surface area (Å²) < 4.78 is 0. The predicted octanol–water partition coefficient (Wildman–Crippen LogP) is 1.89. The van der Waals surface area contributed by atoms with Crippen LogP contribution in [0.2, 0.25) is 0 Å². The van der Waals surface area contributed by atoms with Crippen molar-refractivity contribution >= 4 is 23.6 Å². The number of nitrogens with zero attached hydrogens (tertiary/aromatic N) is 1. The van der Waals surface area contributed by atoms with Crippen LogP contribution in [-0.4, -0.2) is 47.0 Å². The molecule has 1 unspecified atom stereocenters. The summed E-state index contributed by atoms with van der Waals surface area (Å²) in [6.07, 6.45) is 2.21. The van der Waals surface area contributed by atoms with Gasteiger partial charge in [-0.15, -0.1) is 0 Å². The fraction of sp³-hybridized carbons (Fsp3) is 0.471. The summed E-state index contributed by atoms with van der Waals surface area (Å²) in [6.45, 7) is 4.27. The van der Waals surface area contributed by atoms with Crippen molar-refractivity contribution in [3.05, 3.63) is 29.3 Å². The zero-order valence-corrected chi connectivity index (χ0v) is 14.0. The number of benzene rings is 1. The Kier molecular flexibility index (Phi) is 5.92. The number of carbonyl (C=O) groups excluding carboxylic acids is 2. The SMILES string of the molecule is Cc1ccc(NC(=O)NC(=O)CN2CCCCC2C(=O)O)c(C)c1. The zero-order chi connectivity index (χ0) is 17.7. The van der Waals surface area contributed by atoms with E-state index in [2.05, 4.69) is 10.6 Å². The molecule has 0 spiro atoms. The molecule has 2 rings (SSSR count). The van der Waals surface area contributed by atoms with Crippen LogP contribution in [0.4, 0.5) is 10.5 Å². The number of imide groups is 1. The molecular weight excluding hydrogens is 310 g/mol. The molecule has 0 radical (unpaired) electrons. The summed E-state index contributed by atoms with van der Waals surface area (Å²) in [6, 6.07) is 4.31. The summed E-state index contributed by atoms with van der Waals surface area (Å²) in [5.41, 5.74) is 2.62. The maximum Gasteiger partial charge on any atom is 0.325 e. The molecule has 1 aliphatic rings. The van der Waals surface area contributed by atoms with Gasteiger partial charge in [-0.1, -0.05) is 24.1 Å². The van der Waals surface area contributed by atoms with E-state index in [1.54, 1.807) is 11.0 Å². The Morgan fingerprint density at radius 2 is 2.00 bits per heavy atom. The molecule has 0 aromatic heterocycles. The second-order valence-electron chi connectivity index (χ2n) is 6.14. The van der Waals surface area contributed by atoms with Gasteiger partial charge in [-0.3, -0.25) is 19.8 Å². The van der Waals surface area contributed by atoms with Gasteiger partial charge in [-0.05, 0) is 44.9 Å². The molecule has 7 heteroatoms. The average Bonchev–Trinajstić information content (AvgIpc) is 2.50. The molecule has 1 aromatic carbocycles. The van der Waals surface area contributed by atoms with Gasteiger partial charge in [0.15, 0.2) is 0 Å². The van der Waals surface area contributed by atoms with E-state index in [1.807, 2.05) is 26.0 Å². The Bertz CT molecular complexity index is 645. The fourth-order valence-corrected chi connectivity index (χ4v) is 2.92. The van der Waals surface area contributed by atoms with E-state index in [9.17, 15) is 19.5 Å². The smallest absolute Gasteiger partial charge is 0.325 e. The number of urea groups is 1. The zero-order valence-electron chi connectivity index (χ0n) is 14.0. The van der Waals surface area contributed by atoms with Crippen LogP contribution in [0.3, 0.4) is 0 Å². The van der Waals surface area contributed by atoms with Crippen LogP contribution in [-0.2, 0) is 9.59 Å². The molecule has 0 saturated carbocycles. The molecular formula is C17H23N3O4. The molecule has 3 amide bonds. The third-order valence-corrected chi connectivity index (χ3v) is 4.13. The third kappa shape index (κ3) is 4.79. The first kappa shape index (κ1) is 17.9. The minimum atomic E-state index is -0.928. The molecule has 0 aliphatic carbocycles. The highest BCUT2D eigenvalue weighted by molar-refractivity contribution is 6.02. The van der Waals surface area contributed by atoms with Crippen molar-refractivity contribution in [1.29, 1.82) is 0 Å². The highest BCUT2D eigenvalue weighted by atomic mass is 16.4. The van der Waals surface area contributed by atoms with Gasteiger partial charge in [0.1, 0.15) is 6.04 Å². The standard InChI is InChI=1S/C17H23N3O4/c1-11-6-7-13(12(2)9-11)18-17(24)19-15(21)10-20-8-4-3-5-14(20)16(22)23/h6-7,9,14H,3-5,8,10H2,1-2H3,(H,22,23)(H2,18,19,21,24). The minimum absolute atomic E-state index is 0.0999. The number of rotatable bonds is 4. The van der Waals surface area contributed by atoms with Crippen molar-refractivity contribution in [1.82, 2.24) is 10.2 Å². The van der Waals surface area contributed by atoms with Gasteiger partial charge in [0.05, 0.1) is 6.54 Å². The Balaban J connectivity index is 1.89. The van der Waals surface area contributed by atoms with E-state index in [1.165, 1.54) is 0 Å². The van der Waals surface area contributed by atoms with E-state index in [-0.39, 0.29) is 6.54 Å². The second-order valence-corrected chi connectivity index (χ2v) is 6.14. The van der Waals surface area contributed by atoms with Crippen LogP contribution >= 0.6 is 0 Å². The monoisotopic (exact) mass is 333 g/mol. The van der Waals surface area contributed by atoms with Gasteiger partial charge in [0.25, 0.3) is 0 Å². The molecule has 1 aromatic rings. The number of nitrogens with one attached hydrogen (secondary N) is 2. The maximum absolute atomic E-state index is 12.0. The van der Waals surface area contributed by atoms with Crippen molar-refractivity contribution in [3.63, 3.8) is 0 Å². The number of hydrogen-bond acceptors (Lipinski definition) is 4. The molecule has 0 bridgehead atoms. The van der Waals surface area contributed by atoms with Gasteiger partial charge in [-0.25, -0.2) is 4.79 Å². The summed E-state index contributed by atoms with van der Waals surface area (Å²) >= 11 is 0. The fourth-order valence-electron chi connectivity index (χ4n) is 2.92.